The van der Waals surface area contributed by atoms with Crippen molar-refractivity contribution < 1.29 is 30.9 Å². The normalized spacial score (nSPS) is 13.5. The number of hydrogen-bond donors (Lipinski definition) is 1. The molecular formula is C12H4Cl2F6N4OS. The lowest BCUT2D eigenvalue weighted by atomic mass is 10.2. The summed E-state index contributed by atoms with van der Waals surface area (Å²) < 4.78 is 88.7. The molecule has 1 heterocycles. The van der Waals surface area contributed by atoms with E-state index in [4.69, 9.17) is 34.2 Å². The summed E-state index contributed by atoms with van der Waals surface area (Å²) in [6.07, 6.45) is -4.89. The zero-order chi connectivity index (χ0) is 20.0. The van der Waals surface area contributed by atoms with Crippen LogP contribution in [0.2, 0.25) is 10.0 Å². The Morgan fingerprint density at radius 2 is 1.65 bits per heavy atom. The summed E-state index contributed by atoms with van der Waals surface area (Å²) >= 11 is 7.41. The fraction of sp³-hybridized carbons (Fsp3) is 0.167. The molecule has 1 atom stereocenters. The number of nitrogens with zero attached hydrogens (tertiary/aromatic N) is 3. The first-order chi connectivity index (χ1) is 11.8. The number of rotatable bonds is 2. The molecule has 1 aromatic carbocycles. The average Bonchev–Trinajstić information content (AvgIpc) is 2.79. The zero-order valence-corrected chi connectivity index (χ0v) is 14.2. The zero-order valence-electron chi connectivity index (χ0n) is 11.9. The molecule has 0 aliphatic heterocycles. The second-order valence-electron chi connectivity index (χ2n) is 4.58. The molecule has 14 heteroatoms. The minimum Gasteiger partial charge on any atom is -0.604 e. The lowest BCUT2D eigenvalue weighted by molar-refractivity contribution is -0.137. The number of nitrogens with two attached hydrogens (primary N) is 1. The van der Waals surface area contributed by atoms with E-state index in [0.717, 1.165) is 0 Å². The van der Waals surface area contributed by atoms with Gasteiger partial charge in [0.25, 0.3) is 0 Å². The Kier molecular flexibility index (Phi) is 5.31. The molecule has 2 N–H and O–H groups in total. The number of anilines is 1. The molecule has 0 fully saturated rings. The first-order valence-electron chi connectivity index (χ1n) is 6.12. The van der Waals surface area contributed by atoms with Crippen LogP contribution in [-0.2, 0) is 17.4 Å². The predicted molar refractivity (Wildman–Crippen MR) is 80.2 cm³/mol. The first-order valence-corrected chi connectivity index (χ1v) is 8.03. The van der Waals surface area contributed by atoms with Gasteiger partial charge in [0.1, 0.15) is 17.2 Å². The van der Waals surface area contributed by atoms with Gasteiger partial charge in [0.15, 0.2) is 5.82 Å². The van der Waals surface area contributed by atoms with Gasteiger partial charge < -0.3 is 10.3 Å². The highest BCUT2D eigenvalue weighted by atomic mass is 35.5. The van der Waals surface area contributed by atoms with Crippen LogP contribution in [0.15, 0.2) is 17.0 Å². The van der Waals surface area contributed by atoms with Crippen LogP contribution in [0.5, 0.6) is 0 Å². The Morgan fingerprint density at radius 3 is 2.04 bits per heavy atom. The van der Waals surface area contributed by atoms with Crippen molar-refractivity contribution in [2.45, 2.75) is 16.6 Å². The topological polar surface area (TPSA) is 90.7 Å². The molecule has 1 unspecified atom stereocenters. The largest absolute Gasteiger partial charge is 0.604 e. The number of hydrogen-bond acceptors (Lipinski definition) is 4. The van der Waals surface area contributed by atoms with E-state index in [1.807, 2.05) is 0 Å². The molecule has 0 aliphatic rings. The number of aromatic nitrogens is 2. The number of alkyl halides is 6. The van der Waals surface area contributed by atoms with E-state index in [1.165, 1.54) is 6.07 Å². The van der Waals surface area contributed by atoms with E-state index in [2.05, 4.69) is 5.10 Å². The fourth-order valence-electron chi connectivity index (χ4n) is 1.94. The van der Waals surface area contributed by atoms with Gasteiger partial charge in [-0.15, -0.1) is 18.3 Å². The first kappa shape index (κ1) is 20.5. The molecule has 2 aromatic rings. The molecule has 0 saturated carbocycles. The van der Waals surface area contributed by atoms with Crippen LogP contribution in [0.3, 0.4) is 0 Å². The van der Waals surface area contributed by atoms with Gasteiger partial charge in [-0.3, -0.25) is 0 Å². The Morgan fingerprint density at radius 1 is 1.15 bits per heavy atom. The Hall–Kier alpha value is -1.81. The van der Waals surface area contributed by atoms with E-state index in [0.29, 0.717) is 16.8 Å². The van der Waals surface area contributed by atoms with Gasteiger partial charge in [-0.1, -0.05) is 23.2 Å². The molecule has 0 amide bonds. The van der Waals surface area contributed by atoms with E-state index in [-0.39, 0.29) is 5.69 Å². The third-order valence-electron chi connectivity index (χ3n) is 2.93. The van der Waals surface area contributed by atoms with Crippen LogP contribution in [0.4, 0.5) is 32.2 Å². The maximum Gasteiger partial charge on any atom is 0.578 e. The van der Waals surface area contributed by atoms with Gasteiger partial charge in [0, 0.05) is 0 Å². The van der Waals surface area contributed by atoms with Crippen LogP contribution in [0.1, 0.15) is 11.3 Å². The van der Waals surface area contributed by atoms with Gasteiger partial charge in [0.05, 0.1) is 21.3 Å². The van der Waals surface area contributed by atoms with E-state index < -0.39 is 54.9 Å². The molecule has 0 bridgehead atoms. The Balaban J connectivity index is 2.69. The standard InChI is InChI=1S/C12H4Cl2F6N4OS/c13-5-1-4(2-6(14)8(5)11(15,16)17)24-10(22)9(7(3-21)23-24)26(25)12(18,19)20/h1-2H,22H2. The molecule has 1 aromatic heterocycles. The van der Waals surface area contributed by atoms with Crippen LogP contribution < -0.4 is 5.73 Å². The van der Waals surface area contributed by atoms with Crippen molar-refractivity contribution in [3.8, 4) is 11.8 Å². The summed E-state index contributed by atoms with van der Waals surface area (Å²) in [6.45, 7) is 0. The molecule has 0 aliphatic carbocycles. The summed E-state index contributed by atoms with van der Waals surface area (Å²) in [4.78, 5) is -1.12. The Bertz CT molecular complexity index is 882. The molecule has 2 rings (SSSR count). The Labute approximate surface area is 154 Å². The number of nitrogen functional groups attached to an aromatic ring is 1. The third-order valence-corrected chi connectivity index (χ3v) is 4.72. The highest BCUT2D eigenvalue weighted by Crippen LogP contribution is 2.42. The second-order valence-corrected chi connectivity index (χ2v) is 6.81. The number of halogens is 8. The molecule has 5 nitrogen and oxygen atoms in total. The van der Waals surface area contributed by atoms with Crippen LogP contribution >= 0.6 is 23.2 Å². The maximum atomic E-state index is 12.9. The van der Waals surface area contributed by atoms with Crippen molar-refractivity contribution in [1.82, 2.24) is 9.78 Å². The van der Waals surface area contributed by atoms with Crippen molar-refractivity contribution in [3.63, 3.8) is 0 Å². The van der Waals surface area contributed by atoms with Gasteiger partial charge in [-0.2, -0.15) is 18.4 Å². The second kappa shape index (κ2) is 6.73. The van der Waals surface area contributed by atoms with Gasteiger partial charge in [0.2, 0.25) is 10.6 Å². The summed E-state index contributed by atoms with van der Waals surface area (Å²) in [5.41, 5.74) is -2.38. The SMILES string of the molecule is N#Cc1nn(-c2cc(Cl)c(C(F)(F)F)c(Cl)c2)c(N)c1[S+]([O-])C(F)(F)F. The monoisotopic (exact) mass is 436 g/mol. The molecule has 0 saturated heterocycles. The van der Waals surface area contributed by atoms with Crippen molar-refractivity contribution in [2.75, 3.05) is 5.73 Å². The maximum absolute atomic E-state index is 12.9. The van der Waals surface area contributed by atoms with Crippen LogP contribution in [0, 0.1) is 11.3 Å². The fourth-order valence-corrected chi connectivity index (χ4v) is 3.40. The smallest absolute Gasteiger partial charge is 0.578 e. The van der Waals surface area contributed by atoms with E-state index >= 15 is 0 Å². The van der Waals surface area contributed by atoms with Crippen LogP contribution in [0.25, 0.3) is 5.69 Å². The molecule has 26 heavy (non-hydrogen) atoms. The van der Waals surface area contributed by atoms with Gasteiger partial charge in [-0.05, 0) is 12.1 Å². The van der Waals surface area contributed by atoms with E-state index in [1.54, 1.807) is 0 Å². The number of benzene rings is 1. The molecule has 0 spiro atoms. The van der Waals surface area contributed by atoms with Gasteiger partial charge in [-0.25, -0.2) is 4.68 Å². The average molecular weight is 437 g/mol. The predicted octanol–water partition coefficient (Wildman–Crippen LogP) is 4.28. The van der Waals surface area contributed by atoms with Crippen molar-refractivity contribution in [2.24, 2.45) is 0 Å². The summed E-state index contributed by atoms with van der Waals surface area (Å²) in [7, 11) is 0. The highest BCUT2D eigenvalue weighted by molar-refractivity contribution is 7.92. The van der Waals surface area contributed by atoms with Crippen LogP contribution in [-0.4, -0.2) is 19.8 Å². The molecule has 140 valence electrons. The summed E-state index contributed by atoms with van der Waals surface area (Å²) in [6, 6.07) is 2.68. The summed E-state index contributed by atoms with van der Waals surface area (Å²) in [5, 5.41) is 10.6. The highest BCUT2D eigenvalue weighted by Gasteiger charge is 2.50. The number of nitriles is 1. The summed E-state index contributed by atoms with van der Waals surface area (Å²) in [5.74, 6) is -0.857. The van der Waals surface area contributed by atoms with Gasteiger partial charge >= 0.3 is 11.7 Å². The van der Waals surface area contributed by atoms with Crippen molar-refractivity contribution >= 4 is 40.2 Å². The minimum absolute atomic E-state index is 0.354. The lowest BCUT2D eigenvalue weighted by Crippen LogP contribution is -2.24. The van der Waals surface area contributed by atoms with E-state index in [9.17, 15) is 30.9 Å². The van der Waals surface area contributed by atoms with Crippen molar-refractivity contribution in [1.29, 1.82) is 5.26 Å². The lowest BCUT2D eigenvalue weighted by Gasteiger charge is -2.14. The third kappa shape index (κ3) is 3.66. The molecular weight excluding hydrogens is 433 g/mol. The minimum atomic E-state index is -5.23. The van der Waals surface area contributed by atoms with Crippen molar-refractivity contribution in [3.05, 3.63) is 33.4 Å². The quantitative estimate of drug-likeness (QED) is 0.561. The molecule has 0 radical (unpaired) electrons.